The second kappa shape index (κ2) is 9.96. The molecule has 0 aliphatic rings. The number of hydrogen-bond donors (Lipinski definition) is 0. The molecule has 0 amide bonds. The minimum atomic E-state index is 1.15. The van der Waals surface area contributed by atoms with Crippen LogP contribution in [0.1, 0.15) is 0 Å². The average Bonchev–Trinajstić information content (AvgIpc) is 3.82. The lowest BCUT2D eigenvalue weighted by Crippen LogP contribution is -1.99. The van der Waals surface area contributed by atoms with Gasteiger partial charge in [0, 0.05) is 49.4 Å². The van der Waals surface area contributed by atoms with Crippen molar-refractivity contribution in [2.75, 3.05) is 0 Å². The van der Waals surface area contributed by atoms with E-state index in [1.165, 1.54) is 81.9 Å². The summed E-state index contributed by atoms with van der Waals surface area (Å²) in [5.74, 6) is 0. The Hall–Kier alpha value is -6.58. The maximum atomic E-state index is 2.52. The first-order chi connectivity index (χ1) is 24.4. The molecular formula is C46H29N3. The van der Waals surface area contributed by atoms with Crippen LogP contribution in [0, 0.1) is 0 Å². The zero-order valence-corrected chi connectivity index (χ0v) is 26.6. The molecule has 11 aromatic rings. The molecule has 0 fully saturated rings. The molecule has 0 aliphatic carbocycles. The highest BCUT2D eigenvalue weighted by atomic mass is 15.0. The Morgan fingerprint density at radius 1 is 0.245 bits per heavy atom. The minimum Gasteiger partial charge on any atom is -0.309 e. The molecule has 0 N–H and O–H groups in total. The quantitative estimate of drug-likeness (QED) is 0.186. The van der Waals surface area contributed by atoms with Crippen LogP contribution >= 0.6 is 0 Å². The van der Waals surface area contributed by atoms with E-state index in [0.29, 0.717) is 0 Å². The standard InChI is InChI=1S/C46H29N3/c1-3-15-30(16-4-1)47-39-24-12-9-19-33(39)38-29-32(27-28-42(38)47)49-41-26-14-11-23-37(41)44-35-21-8-7-20-34(35)43-36-22-10-13-25-40(36)48(45(43)46(44)49)31-17-5-2-6-18-31/h1-29H. The lowest BCUT2D eigenvalue weighted by atomic mass is 9.98. The molecule has 0 aliphatic heterocycles. The molecule has 8 aromatic carbocycles. The Kier molecular flexibility index (Phi) is 5.38. The van der Waals surface area contributed by atoms with Crippen molar-refractivity contribution in [3.8, 4) is 17.1 Å². The molecule has 0 spiro atoms. The largest absolute Gasteiger partial charge is 0.309 e. The van der Waals surface area contributed by atoms with Crippen molar-refractivity contribution in [2.45, 2.75) is 0 Å². The topological polar surface area (TPSA) is 14.8 Å². The fourth-order valence-electron chi connectivity index (χ4n) is 8.46. The molecule has 0 atom stereocenters. The number of fused-ring (bicyclic) bond motifs is 13. The number of aromatic nitrogens is 3. The molecule has 0 bridgehead atoms. The second-order valence-electron chi connectivity index (χ2n) is 12.9. The van der Waals surface area contributed by atoms with Gasteiger partial charge in [-0.1, -0.05) is 115 Å². The maximum Gasteiger partial charge on any atom is 0.0795 e. The van der Waals surface area contributed by atoms with Crippen molar-refractivity contribution < 1.29 is 0 Å². The van der Waals surface area contributed by atoms with Crippen molar-refractivity contribution in [2.24, 2.45) is 0 Å². The van der Waals surface area contributed by atoms with Gasteiger partial charge in [0.05, 0.1) is 33.1 Å². The van der Waals surface area contributed by atoms with Gasteiger partial charge in [0.15, 0.2) is 0 Å². The molecule has 3 heteroatoms. The van der Waals surface area contributed by atoms with Crippen LogP contribution < -0.4 is 0 Å². The van der Waals surface area contributed by atoms with E-state index in [4.69, 9.17) is 0 Å². The van der Waals surface area contributed by atoms with Gasteiger partial charge in [-0.3, -0.25) is 0 Å². The van der Waals surface area contributed by atoms with Crippen molar-refractivity contribution in [3.63, 3.8) is 0 Å². The molecule has 3 aromatic heterocycles. The van der Waals surface area contributed by atoms with Gasteiger partial charge in [0.2, 0.25) is 0 Å². The fraction of sp³-hybridized carbons (Fsp3) is 0. The van der Waals surface area contributed by atoms with Crippen LogP contribution in [0.2, 0.25) is 0 Å². The summed E-state index contributed by atoms with van der Waals surface area (Å²) in [7, 11) is 0. The highest BCUT2D eigenvalue weighted by Crippen LogP contribution is 2.47. The summed E-state index contributed by atoms with van der Waals surface area (Å²) in [6, 6.07) is 64.1. The van der Waals surface area contributed by atoms with Gasteiger partial charge in [0.25, 0.3) is 0 Å². The number of nitrogens with zero attached hydrogens (tertiary/aromatic N) is 3. The molecule has 0 radical (unpaired) electrons. The predicted molar refractivity (Wildman–Crippen MR) is 207 cm³/mol. The highest BCUT2D eigenvalue weighted by molar-refractivity contribution is 6.36. The van der Waals surface area contributed by atoms with Crippen molar-refractivity contribution in [3.05, 3.63) is 176 Å². The second-order valence-corrected chi connectivity index (χ2v) is 12.9. The predicted octanol–water partition coefficient (Wildman–Crippen LogP) is 12.1. The monoisotopic (exact) mass is 623 g/mol. The fourth-order valence-corrected chi connectivity index (χ4v) is 8.46. The van der Waals surface area contributed by atoms with Crippen LogP contribution in [0.15, 0.2) is 176 Å². The van der Waals surface area contributed by atoms with Crippen LogP contribution in [0.25, 0.3) is 93.3 Å². The summed E-state index contributed by atoms with van der Waals surface area (Å²) < 4.78 is 7.39. The molecule has 0 unspecified atom stereocenters. The van der Waals surface area contributed by atoms with Gasteiger partial charge in [0.1, 0.15) is 0 Å². The van der Waals surface area contributed by atoms with Crippen LogP contribution in [0.4, 0.5) is 0 Å². The normalized spacial score (nSPS) is 12.1. The molecule has 0 saturated heterocycles. The van der Waals surface area contributed by atoms with E-state index < -0.39 is 0 Å². The van der Waals surface area contributed by atoms with E-state index >= 15 is 0 Å². The molecule has 3 heterocycles. The molecule has 11 rings (SSSR count). The first-order valence-corrected chi connectivity index (χ1v) is 16.9. The van der Waals surface area contributed by atoms with E-state index in [2.05, 4.69) is 190 Å². The Bertz CT molecular complexity index is 3090. The maximum absolute atomic E-state index is 2.52. The first kappa shape index (κ1) is 26.5. The van der Waals surface area contributed by atoms with Gasteiger partial charge >= 0.3 is 0 Å². The number of hydrogen-bond acceptors (Lipinski definition) is 0. The SMILES string of the molecule is c1ccc(-n2c3ccccc3c3cc(-n4c5ccccc5c5c6ccccc6c6c7ccccc7n(-c7ccccc7)c6c54)ccc32)cc1. The van der Waals surface area contributed by atoms with E-state index in [1.54, 1.807) is 0 Å². The third-order valence-electron chi connectivity index (χ3n) is 10.4. The Labute approximate surface area is 282 Å². The molecule has 49 heavy (non-hydrogen) atoms. The van der Waals surface area contributed by atoms with Gasteiger partial charge < -0.3 is 13.7 Å². The lowest BCUT2D eigenvalue weighted by molar-refractivity contribution is 1.15. The van der Waals surface area contributed by atoms with Crippen molar-refractivity contribution in [1.82, 2.24) is 13.7 Å². The summed E-state index contributed by atoms with van der Waals surface area (Å²) in [5, 5.41) is 10.1. The highest BCUT2D eigenvalue weighted by Gasteiger charge is 2.25. The van der Waals surface area contributed by atoms with E-state index in [-0.39, 0.29) is 0 Å². The third kappa shape index (κ3) is 3.56. The number of benzene rings is 8. The van der Waals surface area contributed by atoms with E-state index in [1.807, 2.05) is 0 Å². The van der Waals surface area contributed by atoms with Gasteiger partial charge in [-0.05, 0) is 71.4 Å². The van der Waals surface area contributed by atoms with Gasteiger partial charge in [-0.2, -0.15) is 0 Å². The van der Waals surface area contributed by atoms with Crippen LogP contribution in [0.5, 0.6) is 0 Å². The molecule has 0 saturated carbocycles. The van der Waals surface area contributed by atoms with E-state index in [0.717, 1.165) is 11.4 Å². The van der Waals surface area contributed by atoms with E-state index in [9.17, 15) is 0 Å². The van der Waals surface area contributed by atoms with Gasteiger partial charge in [-0.15, -0.1) is 0 Å². The van der Waals surface area contributed by atoms with Crippen LogP contribution in [-0.2, 0) is 0 Å². The van der Waals surface area contributed by atoms with Crippen LogP contribution in [0.3, 0.4) is 0 Å². The van der Waals surface area contributed by atoms with Gasteiger partial charge in [-0.25, -0.2) is 0 Å². The Morgan fingerprint density at radius 3 is 1.18 bits per heavy atom. The smallest absolute Gasteiger partial charge is 0.0795 e. The molecule has 228 valence electrons. The number of para-hydroxylation sites is 5. The summed E-state index contributed by atoms with van der Waals surface area (Å²) in [4.78, 5) is 0. The third-order valence-corrected chi connectivity index (χ3v) is 10.4. The first-order valence-electron chi connectivity index (χ1n) is 16.9. The summed E-state index contributed by atoms with van der Waals surface area (Å²) in [6.07, 6.45) is 0. The Morgan fingerprint density at radius 2 is 0.633 bits per heavy atom. The van der Waals surface area contributed by atoms with Crippen molar-refractivity contribution >= 4 is 76.2 Å². The molecule has 3 nitrogen and oxygen atoms in total. The average molecular weight is 624 g/mol. The summed E-state index contributed by atoms with van der Waals surface area (Å²) >= 11 is 0. The summed E-state index contributed by atoms with van der Waals surface area (Å²) in [5.41, 5.74) is 10.7. The zero-order valence-electron chi connectivity index (χ0n) is 26.6. The minimum absolute atomic E-state index is 1.15. The van der Waals surface area contributed by atoms with Crippen molar-refractivity contribution in [1.29, 1.82) is 0 Å². The zero-order chi connectivity index (χ0) is 32.1. The Balaban J connectivity index is 1.37. The lowest BCUT2D eigenvalue weighted by Gasteiger charge is -2.14. The number of rotatable bonds is 3. The molecular weight excluding hydrogens is 595 g/mol. The summed E-state index contributed by atoms with van der Waals surface area (Å²) in [6.45, 7) is 0. The van der Waals surface area contributed by atoms with Crippen LogP contribution in [-0.4, -0.2) is 13.7 Å².